The number of phenols is 1. The number of aromatic hydroxyl groups is 1. The number of halogens is 1. The van der Waals surface area contributed by atoms with Crippen molar-refractivity contribution in [2.75, 3.05) is 0 Å². The summed E-state index contributed by atoms with van der Waals surface area (Å²) in [7, 11) is 0. The molecule has 3 aromatic carbocycles. The van der Waals surface area contributed by atoms with Gasteiger partial charge in [0.25, 0.3) is 0 Å². The fraction of sp³-hybridized carbons (Fsp3) is 0.421. The molecule has 40 heavy (non-hydrogen) atoms. The van der Waals surface area contributed by atoms with Gasteiger partial charge in [-0.3, -0.25) is 0 Å². The number of fused-ring (bicyclic) bond motifs is 2. The van der Waals surface area contributed by atoms with Crippen molar-refractivity contribution in [3.05, 3.63) is 110 Å². The Labute approximate surface area is 238 Å². The molecule has 2 saturated carbocycles. The molecule has 0 aromatic heterocycles. The molecular formula is C38H41FO. The number of hydrogen-bond donors (Lipinski definition) is 1. The molecule has 3 aromatic rings. The highest BCUT2D eigenvalue weighted by Gasteiger charge is 2.47. The molecule has 1 atom stereocenters. The molecule has 4 aliphatic carbocycles. The van der Waals surface area contributed by atoms with Gasteiger partial charge in [-0.2, -0.15) is 0 Å². The first-order valence-corrected chi connectivity index (χ1v) is 15.6. The number of phenolic OH excluding ortho intramolecular Hbond substituents is 1. The molecule has 206 valence electrons. The van der Waals surface area contributed by atoms with Crippen molar-refractivity contribution in [1.82, 2.24) is 0 Å². The van der Waals surface area contributed by atoms with Crippen molar-refractivity contribution < 1.29 is 9.50 Å². The van der Waals surface area contributed by atoms with Gasteiger partial charge in [0.1, 0.15) is 11.6 Å². The smallest absolute Gasteiger partial charge is 0.126 e. The monoisotopic (exact) mass is 532 g/mol. The molecule has 0 amide bonds. The van der Waals surface area contributed by atoms with Gasteiger partial charge in [-0.05, 0) is 120 Å². The first kappa shape index (κ1) is 25.8. The Bertz CT molecular complexity index is 1580. The van der Waals surface area contributed by atoms with Crippen LogP contribution in [0.3, 0.4) is 0 Å². The van der Waals surface area contributed by atoms with Crippen molar-refractivity contribution >= 4 is 12.2 Å². The van der Waals surface area contributed by atoms with E-state index in [0.717, 1.165) is 80.4 Å². The van der Waals surface area contributed by atoms with Crippen LogP contribution in [0.25, 0.3) is 12.2 Å². The topological polar surface area (TPSA) is 20.2 Å². The van der Waals surface area contributed by atoms with Crippen molar-refractivity contribution in [2.45, 2.75) is 94.8 Å². The van der Waals surface area contributed by atoms with Gasteiger partial charge in [0.2, 0.25) is 0 Å². The molecule has 1 N–H and O–H groups in total. The first-order valence-electron chi connectivity index (χ1n) is 15.6. The van der Waals surface area contributed by atoms with Gasteiger partial charge in [-0.1, -0.05) is 86.0 Å². The second-order valence-corrected chi connectivity index (χ2v) is 13.1. The van der Waals surface area contributed by atoms with Crippen molar-refractivity contribution in [3.8, 4) is 5.75 Å². The predicted molar refractivity (Wildman–Crippen MR) is 162 cm³/mol. The van der Waals surface area contributed by atoms with Crippen LogP contribution >= 0.6 is 0 Å². The van der Waals surface area contributed by atoms with Crippen LogP contribution in [-0.2, 0) is 18.3 Å². The van der Waals surface area contributed by atoms with E-state index in [9.17, 15) is 5.11 Å². The van der Waals surface area contributed by atoms with Gasteiger partial charge in [-0.25, -0.2) is 4.39 Å². The average Bonchev–Trinajstić information content (AvgIpc) is 3.76. The summed E-state index contributed by atoms with van der Waals surface area (Å²) in [5.74, 6) is 1.92. The van der Waals surface area contributed by atoms with E-state index in [1.807, 2.05) is 12.1 Å². The first-order chi connectivity index (χ1) is 19.5. The highest BCUT2D eigenvalue weighted by molar-refractivity contribution is 5.55. The Balaban J connectivity index is 1.20. The maximum Gasteiger partial charge on any atom is 0.126 e. The van der Waals surface area contributed by atoms with Crippen molar-refractivity contribution in [2.24, 2.45) is 5.92 Å². The third kappa shape index (κ3) is 4.64. The summed E-state index contributed by atoms with van der Waals surface area (Å²) in [6, 6.07) is 18.9. The normalized spacial score (nSPS) is 26.1. The van der Waals surface area contributed by atoms with E-state index in [-0.39, 0.29) is 11.2 Å². The highest BCUT2D eigenvalue weighted by atomic mass is 19.1. The molecule has 4 aliphatic rings. The standard InChI is InChI=1S/C38H41FO/c1-25-9-11-27(12-10-25)33-19-18-32(24-35(33)39)38(21-22-38)31-7-4-8-34-28(15-17-31)16-20-36(40)37(34)30-14-13-26-5-2-3-6-29(26)23-30/h2-3,5-6,8,15-20,24-25,27,30,40H,4,7,9-14,21-23H2,1H3/b28-15-,31-17?,34-8?. The molecule has 0 saturated heterocycles. The van der Waals surface area contributed by atoms with Gasteiger partial charge in [0.15, 0.2) is 0 Å². The minimum absolute atomic E-state index is 0.00447. The van der Waals surface area contributed by atoms with Crippen LogP contribution in [0.5, 0.6) is 5.75 Å². The van der Waals surface area contributed by atoms with Crippen LogP contribution in [0, 0.1) is 11.7 Å². The minimum atomic E-state index is -0.0187. The van der Waals surface area contributed by atoms with Crippen LogP contribution in [0.1, 0.15) is 104 Å². The zero-order chi connectivity index (χ0) is 27.3. The van der Waals surface area contributed by atoms with Crippen LogP contribution in [0.2, 0.25) is 0 Å². The second kappa shape index (κ2) is 10.4. The van der Waals surface area contributed by atoms with Gasteiger partial charge < -0.3 is 5.11 Å². The SMILES string of the molecule is CC1CCC(c2ccc(C3(C4=C/C=c5/ccc(O)c(C6CCc7ccccc7C6)c5=CCC4)CC3)cc2F)CC1. The number of rotatable bonds is 4. The third-order valence-corrected chi connectivity index (χ3v) is 10.7. The lowest BCUT2D eigenvalue weighted by Crippen LogP contribution is -2.32. The summed E-state index contributed by atoms with van der Waals surface area (Å²) < 4.78 is 15.5. The average molecular weight is 533 g/mol. The lowest BCUT2D eigenvalue weighted by molar-refractivity contribution is 0.342. The Morgan fingerprint density at radius 3 is 2.40 bits per heavy atom. The molecule has 0 bridgehead atoms. The van der Waals surface area contributed by atoms with E-state index < -0.39 is 0 Å². The molecule has 7 rings (SSSR count). The van der Waals surface area contributed by atoms with Crippen molar-refractivity contribution in [3.63, 3.8) is 0 Å². The Kier molecular flexibility index (Phi) is 6.69. The van der Waals surface area contributed by atoms with Crippen LogP contribution in [-0.4, -0.2) is 5.11 Å². The van der Waals surface area contributed by atoms with Gasteiger partial charge in [0, 0.05) is 11.0 Å². The number of allylic oxidation sites excluding steroid dienone is 2. The second-order valence-electron chi connectivity index (χ2n) is 13.1. The van der Waals surface area contributed by atoms with E-state index in [4.69, 9.17) is 0 Å². The Hall–Kier alpha value is -3.13. The molecule has 0 aliphatic heterocycles. The molecule has 1 nitrogen and oxygen atoms in total. The lowest BCUT2D eigenvalue weighted by Gasteiger charge is -2.28. The largest absolute Gasteiger partial charge is 0.508 e. The number of benzene rings is 3. The maximum atomic E-state index is 15.5. The molecule has 0 radical (unpaired) electrons. The summed E-state index contributed by atoms with van der Waals surface area (Å²) in [5, 5.41) is 13.4. The van der Waals surface area contributed by atoms with Crippen LogP contribution < -0.4 is 10.4 Å². The van der Waals surface area contributed by atoms with Gasteiger partial charge in [0.05, 0.1) is 0 Å². The highest BCUT2D eigenvalue weighted by Crippen LogP contribution is 2.55. The molecule has 0 spiro atoms. The molecular weight excluding hydrogens is 491 g/mol. The summed E-state index contributed by atoms with van der Waals surface area (Å²) in [6.07, 6.45) is 18.8. The lowest BCUT2D eigenvalue weighted by atomic mass is 9.77. The van der Waals surface area contributed by atoms with E-state index in [1.54, 1.807) is 0 Å². The van der Waals surface area contributed by atoms with E-state index in [2.05, 4.69) is 67.6 Å². The fourth-order valence-corrected chi connectivity index (χ4v) is 8.08. The molecule has 0 heterocycles. The zero-order valence-corrected chi connectivity index (χ0v) is 23.8. The molecule has 2 fully saturated rings. The fourth-order valence-electron chi connectivity index (χ4n) is 8.08. The van der Waals surface area contributed by atoms with Crippen LogP contribution in [0.4, 0.5) is 4.39 Å². The minimum Gasteiger partial charge on any atom is -0.508 e. The third-order valence-electron chi connectivity index (χ3n) is 10.7. The summed E-state index contributed by atoms with van der Waals surface area (Å²) in [6.45, 7) is 2.32. The van der Waals surface area contributed by atoms with E-state index >= 15 is 4.39 Å². The number of aryl methyl sites for hydroxylation is 1. The summed E-state index contributed by atoms with van der Waals surface area (Å²) in [5.41, 5.74) is 7.49. The van der Waals surface area contributed by atoms with Crippen LogP contribution in [0.15, 0.2) is 66.2 Å². The summed E-state index contributed by atoms with van der Waals surface area (Å²) in [4.78, 5) is 0. The molecule has 2 heteroatoms. The quantitative estimate of drug-likeness (QED) is 0.360. The van der Waals surface area contributed by atoms with E-state index in [1.165, 1.54) is 40.0 Å². The van der Waals surface area contributed by atoms with E-state index in [0.29, 0.717) is 17.6 Å². The zero-order valence-electron chi connectivity index (χ0n) is 23.8. The predicted octanol–water partition coefficient (Wildman–Crippen LogP) is 8.11. The Morgan fingerprint density at radius 2 is 1.62 bits per heavy atom. The van der Waals surface area contributed by atoms with Gasteiger partial charge >= 0.3 is 0 Å². The maximum absolute atomic E-state index is 15.5. The number of hydrogen-bond acceptors (Lipinski definition) is 1. The van der Waals surface area contributed by atoms with Crippen molar-refractivity contribution in [1.29, 1.82) is 0 Å². The van der Waals surface area contributed by atoms with Gasteiger partial charge in [-0.15, -0.1) is 0 Å². The Morgan fingerprint density at radius 1 is 0.825 bits per heavy atom. The summed E-state index contributed by atoms with van der Waals surface area (Å²) >= 11 is 0. The molecule has 1 unspecified atom stereocenters.